The highest BCUT2D eigenvalue weighted by molar-refractivity contribution is 5.03. The molecule has 0 saturated heterocycles. The summed E-state index contributed by atoms with van der Waals surface area (Å²) in [7, 11) is 1.79. The van der Waals surface area contributed by atoms with E-state index < -0.39 is 0 Å². The number of hydrogen-bond acceptors (Lipinski definition) is 3. The largest absolute Gasteiger partial charge is 0.381 e. The average Bonchev–Trinajstić information content (AvgIpc) is 2.25. The van der Waals surface area contributed by atoms with Gasteiger partial charge in [-0.3, -0.25) is 0 Å². The SMILES string of the molecule is COC1CC(NCC(C)(C)CCC#N)C1(C)C. The molecular weight excluding hydrogens is 212 g/mol. The molecule has 98 valence electrons. The zero-order valence-corrected chi connectivity index (χ0v) is 11.8. The van der Waals surface area contributed by atoms with Crippen LogP contribution in [0.2, 0.25) is 0 Å². The Labute approximate surface area is 106 Å². The molecule has 0 aromatic carbocycles. The summed E-state index contributed by atoms with van der Waals surface area (Å²) in [6.45, 7) is 9.92. The number of hydrogen-bond donors (Lipinski definition) is 1. The van der Waals surface area contributed by atoms with Crippen molar-refractivity contribution in [2.24, 2.45) is 10.8 Å². The standard InChI is InChI=1S/C14H26N2O/c1-13(2,7-6-8-15)10-16-11-9-12(17-5)14(11,3)4/h11-12,16H,6-7,9-10H2,1-5H3. The second kappa shape index (κ2) is 5.37. The van der Waals surface area contributed by atoms with Crippen molar-refractivity contribution in [3.8, 4) is 6.07 Å². The van der Waals surface area contributed by atoms with Gasteiger partial charge in [0.15, 0.2) is 0 Å². The number of nitrogens with zero attached hydrogens (tertiary/aromatic N) is 1. The summed E-state index contributed by atoms with van der Waals surface area (Å²) in [6.07, 6.45) is 3.07. The van der Waals surface area contributed by atoms with Gasteiger partial charge in [0.05, 0.1) is 12.2 Å². The fraction of sp³-hybridized carbons (Fsp3) is 0.929. The zero-order chi connectivity index (χ0) is 13.1. The van der Waals surface area contributed by atoms with Gasteiger partial charge in [-0.05, 0) is 18.3 Å². The maximum Gasteiger partial charge on any atom is 0.0652 e. The van der Waals surface area contributed by atoms with Crippen molar-refractivity contribution in [1.82, 2.24) is 5.32 Å². The molecule has 1 saturated carbocycles. The Hall–Kier alpha value is -0.590. The Bertz CT molecular complexity index is 291. The third kappa shape index (κ3) is 3.43. The van der Waals surface area contributed by atoms with Crippen molar-refractivity contribution in [3.05, 3.63) is 0 Å². The van der Waals surface area contributed by atoms with Crippen molar-refractivity contribution >= 4 is 0 Å². The van der Waals surface area contributed by atoms with E-state index in [1.807, 2.05) is 0 Å². The number of rotatable bonds is 6. The van der Waals surface area contributed by atoms with E-state index in [0.717, 1.165) is 19.4 Å². The maximum absolute atomic E-state index is 8.63. The molecule has 3 nitrogen and oxygen atoms in total. The van der Waals surface area contributed by atoms with E-state index in [2.05, 4.69) is 39.1 Å². The quantitative estimate of drug-likeness (QED) is 0.774. The predicted octanol–water partition coefficient (Wildman–Crippen LogP) is 2.72. The second-order valence-electron chi connectivity index (χ2n) is 6.54. The average molecular weight is 238 g/mol. The molecule has 2 atom stereocenters. The molecule has 0 heterocycles. The van der Waals surface area contributed by atoms with Gasteiger partial charge in [-0.2, -0.15) is 5.26 Å². The van der Waals surface area contributed by atoms with Crippen LogP contribution in [-0.4, -0.2) is 25.8 Å². The normalized spacial score (nSPS) is 27.3. The minimum atomic E-state index is 0.198. The lowest BCUT2D eigenvalue weighted by atomic mass is 9.64. The molecule has 1 aliphatic carbocycles. The molecule has 0 aromatic rings. The number of nitriles is 1. The summed E-state index contributed by atoms with van der Waals surface area (Å²) in [6, 6.07) is 2.76. The summed E-state index contributed by atoms with van der Waals surface area (Å²) >= 11 is 0. The molecule has 0 bridgehead atoms. The van der Waals surface area contributed by atoms with Crippen molar-refractivity contribution in [1.29, 1.82) is 5.26 Å². The Balaban J connectivity index is 2.35. The third-order valence-electron chi connectivity index (χ3n) is 4.20. The molecule has 1 aliphatic rings. The topological polar surface area (TPSA) is 45.0 Å². The molecule has 2 unspecified atom stereocenters. The monoisotopic (exact) mass is 238 g/mol. The van der Waals surface area contributed by atoms with E-state index >= 15 is 0 Å². The van der Waals surface area contributed by atoms with E-state index in [1.165, 1.54) is 0 Å². The van der Waals surface area contributed by atoms with E-state index in [-0.39, 0.29) is 10.8 Å². The molecule has 0 aliphatic heterocycles. The summed E-state index contributed by atoms with van der Waals surface area (Å²) < 4.78 is 5.45. The summed E-state index contributed by atoms with van der Waals surface area (Å²) in [5.41, 5.74) is 0.421. The van der Waals surface area contributed by atoms with Crippen molar-refractivity contribution < 1.29 is 4.74 Å². The fourth-order valence-electron chi connectivity index (χ4n) is 2.51. The first kappa shape index (κ1) is 14.5. The van der Waals surface area contributed by atoms with Gasteiger partial charge in [-0.1, -0.05) is 27.7 Å². The highest BCUT2D eigenvalue weighted by Gasteiger charge is 2.48. The maximum atomic E-state index is 8.63. The second-order valence-corrected chi connectivity index (χ2v) is 6.54. The molecule has 3 heteroatoms. The van der Waals surface area contributed by atoms with Crippen molar-refractivity contribution in [3.63, 3.8) is 0 Å². The molecule has 0 spiro atoms. The van der Waals surface area contributed by atoms with Crippen LogP contribution in [0, 0.1) is 22.2 Å². The highest BCUT2D eigenvalue weighted by atomic mass is 16.5. The lowest BCUT2D eigenvalue weighted by Gasteiger charge is -2.52. The summed E-state index contributed by atoms with van der Waals surface area (Å²) in [5.74, 6) is 0. The first-order valence-electron chi connectivity index (χ1n) is 6.46. The van der Waals surface area contributed by atoms with E-state index in [4.69, 9.17) is 10.00 Å². The molecule has 1 N–H and O–H groups in total. The highest BCUT2D eigenvalue weighted by Crippen LogP contribution is 2.42. The van der Waals surface area contributed by atoms with Crippen LogP contribution in [0.3, 0.4) is 0 Å². The van der Waals surface area contributed by atoms with Crippen molar-refractivity contribution in [2.45, 2.75) is 59.1 Å². The van der Waals surface area contributed by atoms with Gasteiger partial charge in [0.1, 0.15) is 0 Å². The molecule has 0 aromatic heterocycles. The van der Waals surface area contributed by atoms with Gasteiger partial charge < -0.3 is 10.1 Å². The summed E-state index contributed by atoms with van der Waals surface area (Å²) in [5, 5.41) is 12.3. The number of methoxy groups -OCH3 is 1. The van der Waals surface area contributed by atoms with Gasteiger partial charge in [0.25, 0.3) is 0 Å². The third-order valence-corrected chi connectivity index (χ3v) is 4.20. The van der Waals surface area contributed by atoms with Crippen LogP contribution in [0.15, 0.2) is 0 Å². The molecule has 0 amide bonds. The Morgan fingerprint density at radius 1 is 1.47 bits per heavy atom. The molecule has 17 heavy (non-hydrogen) atoms. The molecule has 1 fully saturated rings. The minimum Gasteiger partial charge on any atom is -0.381 e. The van der Waals surface area contributed by atoms with Crippen LogP contribution in [0.4, 0.5) is 0 Å². The molecular formula is C14H26N2O. The van der Waals surface area contributed by atoms with Crippen LogP contribution >= 0.6 is 0 Å². The van der Waals surface area contributed by atoms with Crippen molar-refractivity contribution in [2.75, 3.05) is 13.7 Å². The number of nitrogens with one attached hydrogen (secondary N) is 1. The van der Waals surface area contributed by atoms with Crippen LogP contribution in [0.5, 0.6) is 0 Å². The van der Waals surface area contributed by atoms with Gasteiger partial charge >= 0.3 is 0 Å². The minimum absolute atomic E-state index is 0.198. The van der Waals surface area contributed by atoms with Crippen LogP contribution in [0.25, 0.3) is 0 Å². The first-order valence-corrected chi connectivity index (χ1v) is 6.46. The van der Waals surface area contributed by atoms with Gasteiger partial charge in [-0.25, -0.2) is 0 Å². The summed E-state index contributed by atoms with van der Waals surface area (Å²) in [4.78, 5) is 0. The van der Waals surface area contributed by atoms with Gasteiger partial charge in [0.2, 0.25) is 0 Å². The smallest absolute Gasteiger partial charge is 0.0652 e. The predicted molar refractivity (Wildman–Crippen MR) is 69.6 cm³/mol. The van der Waals surface area contributed by atoms with Crippen LogP contribution < -0.4 is 5.32 Å². The Kier molecular flexibility index (Phi) is 4.57. The Morgan fingerprint density at radius 3 is 2.59 bits per heavy atom. The van der Waals surface area contributed by atoms with Gasteiger partial charge in [-0.15, -0.1) is 0 Å². The van der Waals surface area contributed by atoms with Crippen LogP contribution in [0.1, 0.15) is 47.0 Å². The first-order chi connectivity index (χ1) is 7.83. The van der Waals surface area contributed by atoms with Crippen LogP contribution in [-0.2, 0) is 4.74 Å². The number of ether oxygens (including phenoxy) is 1. The zero-order valence-electron chi connectivity index (χ0n) is 11.8. The molecule has 0 radical (unpaired) electrons. The lowest BCUT2D eigenvalue weighted by Crippen LogP contribution is -2.61. The fourth-order valence-corrected chi connectivity index (χ4v) is 2.51. The van der Waals surface area contributed by atoms with Gasteiger partial charge in [0, 0.05) is 31.5 Å². The molecule has 1 rings (SSSR count). The van der Waals surface area contributed by atoms with E-state index in [0.29, 0.717) is 18.6 Å². The Morgan fingerprint density at radius 2 is 2.12 bits per heavy atom. The van der Waals surface area contributed by atoms with E-state index in [1.54, 1.807) is 7.11 Å². The van der Waals surface area contributed by atoms with E-state index in [9.17, 15) is 0 Å². The lowest BCUT2D eigenvalue weighted by molar-refractivity contribution is -0.0991.